The molecule has 17 heteroatoms. The maximum Gasteiger partial charge on any atom is 0.422 e. The lowest BCUT2D eigenvalue weighted by Crippen LogP contribution is -2.42. The van der Waals surface area contributed by atoms with Crippen LogP contribution in [0.5, 0.6) is 6.01 Å². The number of ketones is 1. The first-order valence-electron chi connectivity index (χ1n) is 16.4. The lowest BCUT2D eigenvalue weighted by molar-refractivity contribution is -0.154. The zero-order chi connectivity index (χ0) is 38.0. The monoisotopic (exact) mass is 753 g/mol. The predicted octanol–water partition coefficient (Wildman–Crippen LogP) is 5.29. The summed E-state index contributed by atoms with van der Waals surface area (Å²) in [6.07, 6.45) is -3.18. The molecule has 1 aliphatic rings. The first-order valence-corrected chi connectivity index (χ1v) is 16.8. The largest absolute Gasteiger partial charge is 0.467 e. The number of anilines is 3. The highest BCUT2D eigenvalue weighted by Gasteiger charge is 2.45. The topological polar surface area (TPSA) is 174 Å². The second-order valence-corrected chi connectivity index (χ2v) is 12.5. The molecule has 1 aliphatic carbocycles. The summed E-state index contributed by atoms with van der Waals surface area (Å²) < 4.78 is 48.4. The van der Waals surface area contributed by atoms with Gasteiger partial charge < -0.3 is 30.7 Å². The van der Waals surface area contributed by atoms with Gasteiger partial charge in [0.15, 0.2) is 6.61 Å². The fourth-order valence-corrected chi connectivity index (χ4v) is 5.32. The van der Waals surface area contributed by atoms with Gasteiger partial charge in [0.2, 0.25) is 17.7 Å². The van der Waals surface area contributed by atoms with Crippen molar-refractivity contribution in [3.8, 4) is 6.01 Å². The third-order valence-corrected chi connectivity index (χ3v) is 8.38. The third-order valence-electron chi connectivity index (χ3n) is 8.13. The number of carbonyl (C=O) groups excluding carboxylic acids is 4. The number of amides is 2. The Labute approximate surface area is 307 Å². The first-order chi connectivity index (χ1) is 25.3. The van der Waals surface area contributed by atoms with E-state index in [0.29, 0.717) is 30.0 Å². The molecule has 1 saturated carbocycles. The van der Waals surface area contributed by atoms with Gasteiger partial charge in [-0.05, 0) is 73.2 Å². The predicted molar refractivity (Wildman–Crippen MR) is 188 cm³/mol. The molecule has 1 aromatic heterocycles. The first kappa shape index (κ1) is 38.5. The summed E-state index contributed by atoms with van der Waals surface area (Å²) in [5, 5.41) is 11.7. The van der Waals surface area contributed by atoms with E-state index < -0.39 is 53.9 Å². The molecule has 0 bridgehead atoms. The molecule has 0 aliphatic heterocycles. The Kier molecular flexibility index (Phi) is 12.5. The van der Waals surface area contributed by atoms with Crippen molar-refractivity contribution in [2.75, 3.05) is 30.9 Å². The number of hydrogen-bond acceptors (Lipinski definition) is 11. The molecule has 2 amide bonds. The maximum absolute atomic E-state index is 13.1. The number of nitrogens with one attached hydrogen (secondary N) is 4. The normalized spacial score (nSPS) is 13.6. The number of aromatic nitrogens is 3. The van der Waals surface area contributed by atoms with Crippen LogP contribution in [0.4, 0.5) is 30.8 Å². The zero-order valence-electron chi connectivity index (χ0n) is 28.3. The van der Waals surface area contributed by atoms with Gasteiger partial charge in [0.05, 0.1) is 12.6 Å². The number of esters is 1. The minimum absolute atomic E-state index is 0.0277. The van der Waals surface area contributed by atoms with Gasteiger partial charge in [0, 0.05) is 29.2 Å². The standard InChI is InChI=1S/C36H35ClF3N7O6/c1-52-31(51)27(15-16-28(48)30(50)41-20-17-22-5-3-2-4-6-22)43-29(49)23-7-13-26(14-8-23)42-32-44-33(46-34(45-32)53-21-36(38,39)40)47-35(18-19-35)24-9-11-25(37)12-10-24/h2-14,27H,15-21H2,1H3,(H,41,50)(H,43,49)(H2,42,44,45,46,47)/t27-/m0/s1. The third kappa shape index (κ3) is 11.4. The van der Waals surface area contributed by atoms with E-state index in [1.807, 2.05) is 42.5 Å². The molecular formula is C36H35ClF3N7O6. The fourth-order valence-electron chi connectivity index (χ4n) is 5.19. The number of ether oxygens (including phenoxy) is 2. The highest BCUT2D eigenvalue weighted by atomic mass is 35.5. The molecule has 3 aromatic carbocycles. The Morgan fingerprint density at radius 1 is 0.906 bits per heavy atom. The Balaban J connectivity index is 1.20. The average Bonchev–Trinajstić information content (AvgIpc) is 3.92. The number of halogens is 4. The molecule has 0 saturated heterocycles. The van der Waals surface area contributed by atoms with E-state index in [0.717, 1.165) is 18.2 Å². The van der Waals surface area contributed by atoms with Gasteiger partial charge in [-0.2, -0.15) is 28.1 Å². The number of benzene rings is 3. The number of methoxy groups -OCH3 is 1. The number of nitrogens with zero attached hydrogens (tertiary/aromatic N) is 3. The molecule has 0 spiro atoms. The molecule has 0 unspecified atom stereocenters. The van der Waals surface area contributed by atoms with Gasteiger partial charge in [-0.3, -0.25) is 14.4 Å². The number of carbonyl (C=O) groups is 4. The van der Waals surface area contributed by atoms with E-state index in [4.69, 9.17) is 21.1 Å². The Morgan fingerprint density at radius 3 is 2.23 bits per heavy atom. The summed E-state index contributed by atoms with van der Waals surface area (Å²) >= 11 is 6.03. The van der Waals surface area contributed by atoms with Crippen molar-refractivity contribution < 1.29 is 41.8 Å². The molecule has 1 heterocycles. The van der Waals surface area contributed by atoms with Crippen LogP contribution in [0.2, 0.25) is 5.02 Å². The van der Waals surface area contributed by atoms with E-state index in [2.05, 4.69) is 36.2 Å². The smallest absolute Gasteiger partial charge is 0.422 e. The van der Waals surface area contributed by atoms with Crippen LogP contribution in [0, 0.1) is 0 Å². The quantitative estimate of drug-likeness (QED) is 0.0815. The molecule has 4 N–H and O–H groups in total. The van der Waals surface area contributed by atoms with E-state index in [9.17, 15) is 32.3 Å². The summed E-state index contributed by atoms with van der Waals surface area (Å²) in [6.45, 7) is -1.37. The van der Waals surface area contributed by atoms with Crippen molar-refractivity contribution in [3.05, 3.63) is 101 Å². The molecule has 13 nitrogen and oxygen atoms in total. The van der Waals surface area contributed by atoms with Crippen LogP contribution in [0.1, 0.15) is 47.2 Å². The summed E-state index contributed by atoms with van der Waals surface area (Å²) in [7, 11) is 1.13. The van der Waals surface area contributed by atoms with E-state index >= 15 is 0 Å². The number of Topliss-reactive ketones (excluding diaryl/α,β-unsaturated/α-hetero) is 1. The van der Waals surface area contributed by atoms with Gasteiger partial charge in [-0.15, -0.1) is 0 Å². The summed E-state index contributed by atoms with van der Waals surface area (Å²) in [6, 6.07) is 20.5. The molecule has 4 aromatic rings. The van der Waals surface area contributed by atoms with Crippen molar-refractivity contribution >= 4 is 52.8 Å². The lowest BCUT2D eigenvalue weighted by atomic mass is 10.1. The second kappa shape index (κ2) is 17.2. The van der Waals surface area contributed by atoms with Crippen LogP contribution in [-0.4, -0.2) is 71.0 Å². The summed E-state index contributed by atoms with van der Waals surface area (Å²) in [5.41, 5.74) is 1.81. The molecule has 0 radical (unpaired) electrons. The average molecular weight is 754 g/mol. The van der Waals surface area contributed by atoms with Gasteiger partial charge in [-0.1, -0.05) is 54.1 Å². The summed E-state index contributed by atoms with van der Waals surface area (Å²) in [4.78, 5) is 62.6. The molecule has 278 valence electrons. The van der Waals surface area contributed by atoms with Crippen molar-refractivity contribution in [3.63, 3.8) is 0 Å². The summed E-state index contributed by atoms with van der Waals surface area (Å²) in [5.74, 6) is -3.19. The maximum atomic E-state index is 13.1. The van der Waals surface area contributed by atoms with Gasteiger partial charge in [-0.25, -0.2) is 4.79 Å². The van der Waals surface area contributed by atoms with Gasteiger partial charge in [0.1, 0.15) is 6.04 Å². The van der Waals surface area contributed by atoms with Gasteiger partial charge >= 0.3 is 18.2 Å². The van der Waals surface area contributed by atoms with E-state index in [1.54, 1.807) is 12.1 Å². The van der Waals surface area contributed by atoms with Crippen molar-refractivity contribution in [1.82, 2.24) is 25.6 Å². The van der Waals surface area contributed by atoms with Crippen molar-refractivity contribution in [2.24, 2.45) is 0 Å². The fraction of sp³-hybridized carbons (Fsp3) is 0.306. The number of rotatable bonds is 17. The Hall–Kier alpha value is -5.77. The number of alkyl halides is 3. The number of hydrogen-bond donors (Lipinski definition) is 4. The molecule has 1 fully saturated rings. The molecule has 53 heavy (non-hydrogen) atoms. The molecule has 5 rings (SSSR count). The van der Waals surface area contributed by atoms with Crippen LogP contribution in [-0.2, 0) is 31.1 Å². The van der Waals surface area contributed by atoms with Gasteiger partial charge in [0.25, 0.3) is 11.8 Å². The van der Waals surface area contributed by atoms with E-state index in [1.165, 1.54) is 24.3 Å². The van der Waals surface area contributed by atoms with Crippen LogP contribution in [0.15, 0.2) is 78.9 Å². The Bertz CT molecular complexity index is 1910. The Morgan fingerprint density at radius 2 is 1.58 bits per heavy atom. The van der Waals surface area contributed by atoms with Crippen LogP contribution in [0.3, 0.4) is 0 Å². The van der Waals surface area contributed by atoms with Crippen LogP contribution in [0.25, 0.3) is 0 Å². The minimum atomic E-state index is -4.63. The second-order valence-electron chi connectivity index (χ2n) is 12.1. The van der Waals surface area contributed by atoms with Crippen molar-refractivity contribution in [2.45, 2.75) is 49.9 Å². The minimum Gasteiger partial charge on any atom is -0.467 e. The van der Waals surface area contributed by atoms with Crippen molar-refractivity contribution in [1.29, 1.82) is 0 Å². The highest BCUT2D eigenvalue weighted by Crippen LogP contribution is 2.48. The lowest BCUT2D eigenvalue weighted by Gasteiger charge is -2.19. The molecular weight excluding hydrogens is 719 g/mol. The highest BCUT2D eigenvalue weighted by molar-refractivity contribution is 6.36. The SMILES string of the molecule is COC(=O)[C@H](CCC(=O)C(=O)NCCc1ccccc1)NC(=O)c1ccc(Nc2nc(NC3(c4ccc(Cl)cc4)CC3)nc(OCC(F)(F)F)n2)cc1. The van der Waals surface area contributed by atoms with E-state index in [-0.39, 0.29) is 36.8 Å². The molecule has 1 atom stereocenters. The zero-order valence-corrected chi connectivity index (χ0v) is 29.1. The van der Waals surface area contributed by atoms with Crippen LogP contribution < -0.4 is 26.0 Å². The van der Waals surface area contributed by atoms with Crippen LogP contribution >= 0.6 is 11.6 Å².